The van der Waals surface area contributed by atoms with Gasteiger partial charge in [-0.1, -0.05) is 0 Å². The lowest BCUT2D eigenvalue weighted by atomic mass is 9.96. The van der Waals surface area contributed by atoms with Crippen LogP contribution in [0.1, 0.15) is 19.8 Å². The van der Waals surface area contributed by atoms with E-state index in [1.54, 1.807) is 6.92 Å². The van der Waals surface area contributed by atoms with Crippen molar-refractivity contribution in [3.63, 3.8) is 0 Å². The first-order valence-corrected chi connectivity index (χ1v) is 7.70. The molecule has 2 saturated heterocycles. The third-order valence-electron chi connectivity index (χ3n) is 4.02. The highest BCUT2D eigenvalue weighted by atomic mass is 19.4. The third-order valence-corrected chi connectivity index (χ3v) is 4.02. The molecule has 1 unspecified atom stereocenters. The second-order valence-corrected chi connectivity index (χ2v) is 5.74. The first-order chi connectivity index (χ1) is 10.4. The van der Waals surface area contributed by atoms with Gasteiger partial charge in [0.1, 0.15) is 6.54 Å². The van der Waals surface area contributed by atoms with Gasteiger partial charge in [-0.05, 0) is 26.3 Å². The molecule has 0 spiro atoms. The predicted molar refractivity (Wildman–Crippen MR) is 73.2 cm³/mol. The Labute approximate surface area is 128 Å². The Hall–Kier alpha value is -0.860. The Morgan fingerprint density at radius 3 is 2.59 bits per heavy atom. The summed E-state index contributed by atoms with van der Waals surface area (Å²) in [5, 5.41) is 0. The Balaban J connectivity index is 1.88. The van der Waals surface area contributed by atoms with Crippen LogP contribution in [0, 0.1) is 5.92 Å². The molecule has 0 bridgehead atoms. The molecule has 0 N–H and O–H groups in total. The van der Waals surface area contributed by atoms with Crippen molar-refractivity contribution in [3.05, 3.63) is 0 Å². The number of carbonyl (C=O) groups excluding carboxylic acids is 1. The van der Waals surface area contributed by atoms with Crippen LogP contribution >= 0.6 is 0 Å². The molecule has 128 valence electrons. The number of nitrogens with zero attached hydrogens (tertiary/aromatic N) is 2. The van der Waals surface area contributed by atoms with E-state index in [0.717, 1.165) is 17.9 Å². The minimum Gasteiger partial charge on any atom is -0.349 e. The molecular weight excluding hydrogens is 301 g/mol. The zero-order valence-electron chi connectivity index (χ0n) is 12.8. The summed E-state index contributed by atoms with van der Waals surface area (Å²) in [6, 6.07) is 0. The summed E-state index contributed by atoms with van der Waals surface area (Å²) in [4.78, 5) is 15.3. The van der Waals surface area contributed by atoms with Gasteiger partial charge in [0.25, 0.3) is 0 Å². The molecule has 0 radical (unpaired) electrons. The minimum absolute atomic E-state index is 0.0731. The van der Waals surface area contributed by atoms with Crippen molar-refractivity contribution in [1.29, 1.82) is 0 Å². The highest BCUT2D eigenvalue weighted by Crippen LogP contribution is 2.23. The number of rotatable bonds is 5. The van der Waals surface area contributed by atoms with Gasteiger partial charge in [0.2, 0.25) is 5.91 Å². The molecule has 0 aromatic heterocycles. The molecule has 2 heterocycles. The summed E-state index contributed by atoms with van der Waals surface area (Å²) in [6.07, 6.45) is -3.21. The van der Waals surface area contributed by atoms with Crippen molar-refractivity contribution >= 4 is 5.91 Å². The number of likely N-dealkylation sites (tertiary alicyclic amines) is 1. The van der Waals surface area contributed by atoms with Crippen LogP contribution in [0.3, 0.4) is 0 Å². The summed E-state index contributed by atoms with van der Waals surface area (Å²) in [7, 11) is 0. The van der Waals surface area contributed by atoms with Crippen molar-refractivity contribution in [2.45, 2.75) is 32.2 Å². The number of hydrogen-bond acceptors (Lipinski definition) is 4. The largest absolute Gasteiger partial charge is 0.406 e. The second kappa shape index (κ2) is 7.61. The van der Waals surface area contributed by atoms with Crippen LogP contribution in [-0.2, 0) is 14.3 Å². The molecule has 1 amide bonds. The van der Waals surface area contributed by atoms with Crippen molar-refractivity contribution in [2.75, 3.05) is 45.9 Å². The number of halogens is 3. The van der Waals surface area contributed by atoms with Gasteiger partial charge in [-0.3, -0.25) is 9.69 Å². The molecule has 22 heavy (non-hydrogen) atoms. The van der Waals surface area contributed by atoms with E-state index in [1.807, 2.05) is 4.90 Å². The maximum absolute atomic E-state index is 12.5. The first kappa shape index (κ1) is 17.5. The lowest BCUT2D eigenvalue weighted by Gasteiger charge is -2.35. The molecule has 5 nitrogen and oxygen atoms in total. The molecule has 2 rings (SSSR count). The highest BCUT2D eigenvalue weighted by Gasteiger charge is 2.36. The average Bonchev–Trinajstić information content (AvgIpc) is 2.96. The quantitative estimate of drug-likeness (QED) is 0.768. The molecule has 8 heteroatoms. The Bertz CT molecular complexity index is 373. The lowest BCUT2D eigenvalue weighted by Crippen LogP contribution is -2.48. The zero-order chi connectivity index (χ0) is 16.2. The van der Waals surface area contributed by atoms with Gasteiger partial charge in [-0.25, -0.2) is 0 Å². The second-order valence-electron chi connectivity index (χ2n) is 5.74. The van der Waals surface area contributed by atoms with Gasteiger partial charge in [-0.2, -0.15) is 13.2 Å². The van der Waals surface area contributed by atoms with Gasteiger partial charge in [0, 0.05) is 19.6 Å². The normalized spacial score (nSPS) is 24.6. The van der Waals surface area contributed by atoms with Crippen molar-refractivity contribution in [3.8, 4) is 0 Å². The Kier molecular flexibility index (Phi) is 6.05. The third kappa shape index (κ3) is 5.10. The van der Waals surface area contributed by atoms with Crippen LogP contribution < -0.4 is 0 Å². The van der Waals surface area contributed by atoms with E-state index in [2.05, 4.69) is 0 Å². The van der Waals surface area contributed by atoms with Crippen molar-refractivity contribution in [2.24, 2.45) is 5.92 Å². The number of hydrogen-bond donors (Lipinski definition) is 0. The maximum atomic E-state index is 12.5. The van der Waals surface area contributed by atoms with E-state index in [1.165, 1.54) is 0 Å². The van der Waals surface area contributed by atoms with Gasteiger partial charge < -0.3 is 14.4 Å². The number of amides is 1. The minimum atomic E-state index is -4.36. The van der Waals surface area contributed by atoms with E-state index in [4.69, 9.17) is 9.47 Å². The van der Waals surface area contributed by atoms with Gasteiger partial charge in [0.15, 0.2) is 6.29 Å². The van der Waals surface area contributed by atoms with Crippen molar-refractivity contribution in [1.82, 2.24) is 9.80 Å². The summed E-state index contributed by atoms with van der Waals surface area (Å²) < 4.78 is 48.3. The molecule has 0 aromatic carbocycles. The van der Waals surface area contributed by atoms with Crippen LogP contribution in [0.2, 0.25) is 0 Å². The summed E-state index contributed by atoms with van der Waals surface area (Å²) >= 11 is 0. The van der Waals surface area contributed by atoms with Crippen molar-refractivity contribution < 1.29 is 27.4 Å². The molecule has 1 atom stereocenters. The summed E-state index contributed by atoms with van der Waals surface area (Å²) in [6.45, 7) is 3.46. The number of ether oxygens (including phenoxy) is 2. The Morgan fingerprint density at radius 2 is 2.00 bits per heavy atom. The Morgan fingerprint density at radius 1 is 1.32 bits per heavy atom. The fourth-order valence-electron chi connectivity index (χ4n) is 2.97. The summed E-state index contributed by atoms with van der Waals surface area (Å²) in [5.41, 5.74) is 0. The van der Waals surface area contributed by atoms with Crippen LogP contribution in [0.4, 0.5) is 13.2 Å². The molecule has 2 aliphatic rings. The first-order valence-electron chi connectivity index (χ1n) is 7.70. The fraction of sp³-hybridized carbons (Fsp3) is 0.929. The number of alkyl halides is 3. The molecule has 0 aromatic rings. The highest BCUT2D eigenvalue weighted by molar-refractivity contribution is 5.79. The van der Waals surface area contributed by atoms with Gasteiger partial charge >= 0.3 is 6.18 Å². The van der Waals surface area contributed by atoms with E-state index in [0.29, 0.717) is 32.7 Å². The monoisotopic (exact) mass is 324 g/mol. The van der Waals surface area contributed by atoms with Crippen LogP contribution in [0.25, 0.3) is 0 Å². The van der Waals surface area contributed by atoms with E-state index >= 15 is 0 Å². The molecule has 2 fully saturated rings. The van der Waals surface area contributed by atoms with E-state index in [-0.39, 0.29) is 18.8 Å². The van der Waals surface area contributed by atoms with Gasteiger partial charge in [-0.15, -0.1) is 0 Å². The molecule has 0 saturated carbocycles. The smallest absolute Gasteiger partial charge is 0.349 e. The molecule has 2 aliphatic heterocycles. The molecule has 0 aliphatic carbocycles. The molecular formula is C14H23F3N2O3. The van der Waals surface area contributed by atoms with Crippen LogP contribution in [-0.4, -0.2) is 74.1 Å². The fourth-order valence-corrected chi connectivity index (χ4v) is 2.97. The van der Waals surface area contributed by atoms with Crippen LogP contribution in [0.5, 0.6) is 0 Å². The predicted octanol–water partition coefficient (Wildman–Crippen LogP) is 1.48. The average molecular weight is 324 g/mol. The SMILES string of the molecule is CCN(CC(F)(F)F)C(=O)C1CCCN(CC2OCCO2)C1. The maximum Gasteiger partial charge on any atom is 0.406 e. The summed E-state index contributed by atoms with van der Waals surface area (Å²) in [5.74, 6) is -0.782. The van der Waals surface area contributed by atoms with Crippen LogP contribution in [0.15, 0.2) is 0 Å². The number of piperidine rings is 1. The zero-order valence-corrected chi connectivity index (χ0v) is 12.8. The van der Waals surface area contributed by atoms with E-state index in [9.17, 15) is 18.0 Å². The number of carbonyl (C=O) groups is 1. The van der Waals surface area contributed by atoms with E-state index < -0.39 is 18.6 Å². The standard InChI is InChI=1S/C14H23F3N2O3/c1-2-19(10-14(15,16)17)13(20)11-4-3-5-18(8-11)9-12-21-6-7-22-12/h11-12H,2-10H2,1H3. The lowest BCUT2D eigenvalue weighted by molar-refractivity contribution is -0.164. The topological polar surface area (TPSA) is 42.0 Å². The van der Waals surface area contributed by atoms with Gasteiger partial charge in [0.05, 0.1) is 19.1 Å².